The summed E-state index contributed by atoms with van der Waals surface area (Å²) in [6, 6.07) is 12.5. The molecule has 3 heterocycles. The van der Waals surface area contributed by atoms with Gasteiger partial charge in [-0.25, -0.2) is 9.78 Å². The van der Waals surface area contributed by atoms with Crippen LogP contribution in [0.15, 0.2) is 47.4 Å². The number of imide groups is 1. The predicted molar refractivity (Wildman–Crippen MR) is 118 cm³/mol. The molecule has 7 nitrogen and oxygen atoms in total. The lowest BCUT2D eigenvalue weighted by Crippen LogP contribution is -2.40. The Morgan fingerprint density at radius 3 is 2.77 bits per heavy atom. The summed E-state index contributed by atoms with van der Waals surface area (Å²) in [5.41, 5.74) is 0.764. The second-order valence-corrected chi connectivity index (χ2v) is 8.75. The Bertz CT molecular complexity index is 1250. The van der Waals surface area contributed by atoms with Gasteiger partial charge in [0.05, 0.1) is 12.1 Å². The van der Waals surface area contributed by atoms with Crippen molar-refractivity contribution in [2.24, 2.45) is 0 Å². The van der Waals surface area contributed by atoms with E-state index in [4.69, 9.17) is 21.1 Å². The molecular formula is C22H18ClN3O4S. The number of carbonyl (C=O) groups excluding carboxylic acids is 2. The van der Waals surface area contributed by atoms with Crippen LogP contribution in [0.3, 0.4) is 0 Å². The number of carbonyl (C=O) groups is 2. The first-order chi connectivity index (χ1) is 14.9. The highest BCUT2D eigenvalue weighted by Gasteiger charge is 2.49. The van der Waals surface area contributed by atoms with Gasteiger partial charge in [0.15, 0.2) is 11.5 Å². The smallest absolute Gasteiger partial charge is 0.325 e. The topological polar surface area (TPSA) is 80.8 Å². The van der Waals surface area contributed by atoms with E-state index in [0.717, 1.165) is 20.7 Å². The molecule has 158 valence electrons. The Balaban J connectivity index is 1.45. The molecule has 2 aromatic carbocycles. The average molecular weight is 456 g/mol. The number of pyridine rings is 1. The van der Waals surface area contributed by atoms with Crippen molar-refractivity contribution in [1.82, 2.24) is 15.2 Å². The number of aromatic nitrogens is 1. The molecule has 31 heavy (non-hydrogen) atoms. The Morgan fingerprint density at radius 2 is 1.97 bits per heavy atom. The molecule has 0 spiro atoms. The second-order valence-electron chi connectivity index (χ2n) is 7.51. The van der Waals surface area contributed by atoms with Gasteiger partial charge in [-0.3, -0.25) is 9.69 Å². The van der Waals surface area contributed by atoms with Gasteiger partial charge in [0.2, 0.25) is 6.79 Å². The normalized spacial score (nSPS) is 19.9. The molecule has 1 aromatic heterocycles. The van der Waals surface area contributed by atoms with Crippen molar-refractivity contribution in [3.63, 3.8) is 0 Å². The zero-order valence-corrected chi connectivity index (χ0v) is 18.3. The molecule has 1 atom stereocenters. The molecule has 1 saturated heterocycles. The Morgan fingerprint density at radius 1 is 1.16 bits per heavy atom. The number of rotatable bonds is 4. The lowest BCUT2D eigenvalue weighted by molar-refractivity contribution is -0.131. The largest absolute Gasteiger partial charge is 0.454 e. The summed E-state index contributed by atoms with van der Waals surface area (Å²) in [7, 11) is 0. The third-order valence-electron chi connectivity index (χ3n) is 5.60. The van der Waals surface area contributed by atoms with Crippen molar-refractivity contribution in [2.75, 3.05) is 13.0 Å². The van der Waals surface area contributed by atoms with Crippen LogP contribution < -0.4 is 14.8 Å². The molecule has 0 saturated carbocycles. The van der Waals surface area contributed by atoms with E-state index in [1.165, 1.54) is 0 Å². The van der Waals surface area contributed by atoms with Gasteiger partial charge in [0, 0.05) is 15.8 Å². The maximum absolute atomic E-state index is 13.3. The quantitative estimate of drug-likeness (QED) is 0.359. The van der Waals surface area contributed by atoms with Crippen molar-refractivity contribution in [3.05, 3.63) is 58.7 Å². The number of benzene rings is 2. The molecule has 3 amide bonds. The van der Waals surface area contributed by atoms with Crippen molar-refractivity contribution >= 4 is 46.2 Å². The Labute approximate surface area is 187 Å². The molecule has 0 aliphatic carbocycles. The summed E-state index contributed by atoms with van der Waals surface area (Å²) >= 11 is 8.03. The van der Waals surface area contributed by atoms with Gasteiger partial charge in [-0.05, 0) is 49.1 Å². The number of amides is 3. The van der Waals surface area contributed by atoms with E-state index in [1.54, 1.807) is 36.9 Å². The molecule has 9 heteroatoms. The van der Waals surface area contributed by atoms with E-state index in [0.29, 0.717) is 22.6 Å². The van der Waals surface area contributed by atoms with Crippen molar-refractivity contribution in [1.29, 1.82) is 0 Å². The highest BCUT2D eigenvalue weighted by Crippen LogP contribution is 2.38. The number of fused-ring (bicyclic) bond motifs is 2. The van der Waals surface area contributed by atoms with Crippen LogP contribution in [0.4, 0.5) is 4.79 Å². The molecule has 0 bridgehead atoms. The number of ether oxygens (including phenoxy) is 2. The highest BCUT2D eigenvalue weighted by atomic mass is 35.5. The van der Waals surface area contributed by atoms with Gasteiger partial charge >= 0.3 is 6.03 Å². The zero-order valence-electron chi connectivity index (χ0n) is 16.8. The summed E-state index contributed by atoms with van der Waals surface area (Å²) in [4.78, 5) is 32.8. The zero-order chi connectivity index (χ0) is 21.8. The van der Waals surface area contributed by atoms with Crippen molar-refractivity contribution in [2.45, 2.75) is 23.9 Å². The SMILES string of the molecule is CSc1ccc2cc(CN3C(=O)NC(C)(c4ccc5c(c4)OCO5)C3=O)c(Cl)nc2c1. The minimum Gasteiger partial charge on any atom is -0.454 e. The highest BCUT2D eigenvalue weighted by molar-refractivity contribution is 7.98. The van der Waals surface area contributed by atoms with Gasteiger partial charge in [0.1, 0.15) is 10.7 Å². The monoisotopic (exact) mass is 455 g/mol. The van der Waals surface area contributed by atoms with Crippen LogP contribution in [0, 0.1) is 0 Å². The van der Waals surface area contributed by atoms with Crippen LogP contribution in [0.25, 0.3) is 10.9 Å². The van der Waals surface area contributed by atoms with Crippen molar-refractivity contribution in [3.8, 4) is 11.5 Å². The Kier molecular flexibility index (Phi) is 4.71. The van der Waals surface area contributed by atoms with Gasteiger partial charge in [0.25, 0.3) is 5.91 Å². The summed E-state index contributed by atoms with van der Waals surface area (Å²) in [6.07, 6.45) is 1.99. The standard InChI is InChI=1S/C22H18ClN3O4S/c1-22(14-4-6-17-18(8-14)30-11-29-17)20(27)26(21(28)25-22)10-13-7-12-3-5-15(31-2)9-16(12)24-19(13)23/h3-9H,10-11H2,1-2H3,(H,25,28). The van der Waals surface area contributed by atoms with Gasteiger partial charge in [-0.2, -0.15) is 0 Å². The maximum Gasteiger partial charge on any atom is 0.325 e. The number of nitrogens with one attached hydrogen (secondary N) is 1. The number of hydrogen-bond acceptors (Lipinski definition) is 6. The first-order valence-corrected chi connectivity index (χ1v) is 11.2. The van der Waals surface area contributed by atoms with Gasteiger partial charge in [-0.15, -0.1) is 11.8 Å². The van der Waals surface area contributed by atoms with Crippen LogP contribution in [-0.2, 0) is 16.9 Å². The number of halogens is 1. The van der Waals surface area contributed by atoms with Crippen LogP contribution in [0.2, 0.25) is 5.15 Å². The van der Waals surface area contributed by atoms with Crippen LogP contribution in [-0.4, -0.2) is 34.9 Å². The first kappa shape index (κ1) is 20.0. The molecule has 1 fully saturated rings. The average Bonchev–Trinajstić information content (AvgIpc) is 3.32. The van der Waals surface area contributed by atoms with Crippen LogP contribution >= 0.6 is 23.4 Å². The van der Waals surface area contributed by atoms with Crippen LogP contribution in [0.5, 0.6) is 11.5 Å². The molecule has 5 rings (SSSR count). The second kappa shape index (κ2) is 7.32. The third-order valence-corrected chi connectivity index (χ3v) is 6.66. The fourth-order valence-electron chi connectivity index (χ4n) is 3.82. The lowest BCUT2D eigenvalue weighted by Gasteiger charge is -2.22. The van der Waals surface area contributed by atoms with E-state index in [2.05, 4.69) is 10.3 Å². The first-order valence-electron chi connectivity index (χ1n) is 9.56. The molecule has 2 aliphatic rings. The molecule has 0 radical (unpaired) electrons. The third kappa shape index (κ3) is 3.26. The minimum absolute atomic E-state index is 0.0247. The predicted octanol–water partition coefficient (Wildman–Crippen LogP) is 4.31. The fourth-order valence-corrected chi connectivity index (χ4v) is 4.46. The molecule has 1 N–H and O–H groups in total. The summed E-state index contributed by atoms with van der Waals surface area (Å²) < 4.78 is 10.7. The van der Waals surface area contributed by atoms with E-state index in [1.807, 2.05) is 30.5 Å². The van der Waals surface area contributed by atoms with Gasteiger partial charge in [-0.1, -0.05) is 23.7 Å². The van der Waals surface area contributed by atoms with Gasteiger partial charge < -0.3 is 14.8 Å². The molecule has 2 aliphatic heterocycles. The van der Waals surface area contributed by atoms with E-state index >= 15 is 0 Å². The van der Waals surface area contributed by atoms with Crippen molar-refractivity contribution < 1.29 is 19.1 Å². The number of urea groups is 1. The molecular weight excluding hydrogens is 438 g/mol. The van der Waals surface area contributed by atoms with E-state index in [9.17, 15) is 9.59 Å². The van der Waals surface area contributed by atoms with E-state index in [-0.39, 0.29) is 24.4 Å². The Hall–Kier alpha value is -2.97. The van der Waals surface area contributed by atoms with Crippen LogP contribution in [0.1, 0.15) is 18.1 Å². The fraction of sp³-hybridized carbons (Fsp3) is 0.227. The molecule has 3 aromatic rings. The summed E-state index contributed by atoms with van der Waals surface area (Å²) in [5.74, 6) is 0.787. The number of nitrogens with zero attached hydrogens (tertiary/aromatic N) is 2. The number of hydrogen-bond donors (Lipinski definition) is 1. The molecule has 1 unspecified atom stereocenters. The summed E-state index contributed by atoms with van der Waals surface area (Å²) in [5, 5.41) is 3.96. The lowest BCUT2D eigenvalue weighted by atomic mass is 9.91. The minimum atomic E-state index is -1.22. The maximum atomic E-state index is 13.3. The number of thioether (sulfide) groups is 1. The van der Waals surface area contributed by atoms with E-state index < -0.39 is 11.6 Å². The summed E-state index contributed by atoms with van der Waals surface area (Å²) in [6.45, 7) is 1.83.